The van der Waals surface area contributed by atoms with Gasteiger partial charge < -0.3 is 14.7 Å². The van der Waals surface area contributed by atoms with Gasteiger partial charge in [-0.25, -0.2) is 9.97 Å². The molecule has 0 saturated carbocycles. The number of piperazine rings is 1. The van der Waals surface area contributed by atoms with Gasteiger partial charge in [-0.05, 0) is 31.9 Å². The van der Waals surface area contributed by atoms with Gasteiger partial charge in [0, 0.05) is 57.2 Å². The number of aryl methyl sites for hydroxylation is 1. The average molecular weight is 392 g/mol. The predicted octanol–water partition coefficient (Wildman–Crippen LogP) is 3.13. The van der Waals surface area contributed by atoms with Gasteiger partial charge in [-0.3, -0.25) is 0 Å². The molecule has 2 saturated heterocycles. The summed E-state index contributed by atoms with van der Waals surface area (Å²) in [5.41, 5.74) is 0.260. The highest BCUT2D eigenvalue weighted by Crippen LogP contribution is 2.31. The van der Waals surface area contributed by atoms with Crippen LogP contribution < -0.4 is 14.7 Å². The zero-order valence-corrected chi connectivity index (χ0v) is 15.8. The van der Waals surface area contributed by atoms with Gasteiger partial charge in [0.15, 0.2) is 0 Å². The fraction of sp³-hybridized carbons (Fsp3) is 0.526. The molecule has 0 spiro atoms. The van der Waals surface area contributed by atoms with Gasteiger partial charge in [-0.15, -0.1) is 0 Å². The summed E-state index contributed by atoms with van der Waals surface area (Å²) in [6.45, 7) is 6.47. The maximum atomic E-state index is 12.9. The summed E-state index contributed by atoms with van der Waals surface area (Å²) >= 11 is 0. The van der Waals surface area contributed by atoms with E-state index in [-0.39, 0.29) is 0 Å². The highest BCUT2D eigenvalue weighted by Gasteiger charge is 2.31. The molecule has 2 aromatic heterocycles. The summed E-state index contributed by atoms with van der Waals surface area (Å²) in [6.07, 6.45) is -0.810. The van der Waals surface area contributed by atoms with Crippen molar-refractivity contribution in [3.63, 3.8) is 0 Å². The molecule has 150 valence electrons. The van der Waals surface area contributed by atoms with Crippen molar-refractivity contribution in [1.82, 2.24) is 15.0 Å². The van der Waals surface area contributed by atoms with Crippen molar-refractivity contribution in [3.05, 3.63) is 35.7 Å². The Morgan fingerprint density at radius 2 is 1.46 bits per heavy atom. The monoisotopic (exact) mass is 392 g/mol. The van der Waals surface area contributed by atoms with Crippen LogP contribution in [0.5, 0.6) is 0 Å². The maximum absolute atomic E-state index is 12.9. The molecule has 28 heavy (non-hydrogen) atoms. The topological polar surface area (TPSA) is 48.4 Å². The van der Waals surface area contributed by atoms with E-state index in [4.69, 9.17) is 4.98 Å². The molecule has 2 aliphatic rings. The van der Waals surface area contributed by atoms with Crippen LogP contribution in [0.1, 0.15) is 24.1 Å². The minimum Gasteiger partial charge on any atom is -0.353 e. The van der Waals surface area contributed by atoms with Crippen LogP contribution in [-0.4, -0.2) is 54.2 Å². The molecule has 0 bridgehead atoms. The third kappa shape index (κ3) is 3.98. The number of rotatable bonds is 3. The summed E-state index contributed by atoms with van der Waals surface area (Å²) in [7, 11) is 0. The fourth-order valence-electron chi connectivity index (χ4n) is 3.69. The molecular formula is C19H23F3N6. The zero-order chi connectivity index (χ0) is 19.7. The van der Waals surface area contributed by atoms with Gasteiger partial charge in [0.2, 0.25) is 5.95 Å². The van der Waals surface area contributed by atoms with Crippen molar-refractivity contribution in [2.75, 3.05) is 54.0 Å². The van der Waals surface area contributed by atoms with E-state index in [1.807, 2.05) is 17.9 Å². The van der Waals surface area contributed by atoms with Crippen molar-refractivity contribution in [1.29, 1.82) is 0 Å². The van der Waals surface area contributed by atoms with Crippen LogP contribution in [-0.2, 0) is 6.18 Å². The standard InChI is InChI=1S/C19H23F3N6/c1-14-12-17(25-18(24-14)28-6-2-3-7-28)27-10-8-26(9-11-27)16-13-15(4-5-23-16)19(20,21)22/h4-5,12-13H,2-3,6-11H2,1H3. The van der Waals surface area contributed by atoms with Crippen LogP contribution in [0, 0.1) is 6.92 Å². The maximum Gasteiger partial charge on any atom is 0.416 e. The van der Waals surface area contributed by atoms with Gasteiger partial charge in [0.05, 0.1) is 5.56 Å². The second-order valence-electron chi connectivity index (χ2n) is 7.24. The highest BCUT2D eigenvalue weighted by molar-refractivity contribution is 5.49. The molecule has 4 heterocycles. The van der Waals surface area contributed by atoms with Crippen LogP contribution in [0.15, 0.2) is 24.4 Å². The summed E-state index contributed by atoms with van der Waals surface area (Å²) in [6, 6.07) is 4.09. The largest absolute Gasteiger partial charge is 0.416 e. The lowest BCUT2D eigenvalue weighted by Crippen LogP contribution is -2.47. The number of hydrogen-bond donors (Lipinski definition) is 0. The van der Waals surface area contributed by atoms with Gasteiger partial charge >= 0.3 is 6.18 Å². The van der Waals surface area contributed by atoms with Crippen molar-refractivity contribution < 1.29 is 13.2 Å². The van der Waals surface area contributed by atoms with E-state index < -0.39 is 11.7 Å². The van der Waals surface area contributed by atoms with Crippen molar-refractivity contribution in [2.45, 2.75) is 25.9 Å². The smallest absolute Gasteiger partial charge is 0.353 e. The molecule has 2 aromatic rings. The van der Waals surface area contributed by atoms with Crippen LogP contribution in [0.2, 0.25) is 0 Å². The first-order valence-electron chi connectivity index (χ1n) is 9.54. The number of nitrogens with zero attached hydrogens (tertiary/aromatic N) is 6. The number of anilines is 3. The highest BCUT2D eigenvalue weighted by atomic mass is 19.4. The minimum atomic E-state index is -4.36. The first-order valence-corrected chi connectivity index (χ1v) is 9.54. The Morgan fingerprint density at radius 3 is 2.11 bits per heavy atom. The lowest BCUT2D eigenvalue weighted by atomic mass is 10.2. The third-order valence-electron chi connectivity index (χ3n) is 5.22. The molecule has 9 heteroatoms. The summed E-state index contributed by atoms with van der Waals surface area (Å²) in [5, 5.41) is 0. The molecule has 0 N–H and O–H groups in total. The second-order valence-corrected chi connectivity index (χ2v) is 7.24. The van der Waals surface area contributed by atoms with Gasteiger partial charge in [0.25, 0.3) is 0 Å². The first kappa shape index (κ1) is 18.8. The summed E-state index contributed by atoms with van der Waals surface area (Å²) in [4.78, 5) is 19.7. The molecule has 0 unspecified atom stereocenters. The Balaban J connectivity index is 1.46. The Hall–Kier alpha value is -2.58. The SMILES string of the molecule is Cc1cc(N2CCN(c3cc(C(F)(F)F)ccn3)CC2)nc(N2CCCC2)n1. The van der Waals surface area contributed by atoms with E-state index in [0.29, 0.717) is 32.0 Å². The molecule has 0 atom stereocenters. The van der Waals surface area contributed by atoms with E-state index in [2.05, 4.69) is 19.8 Å². The zero-order valence-electron chi connectivity index (χ0n) is 15.8. The summed E-state index contributed by atoms with van der Waals surface area (Å²) < 4.78 is 38.8. The first-order chi connectivity index (χ1) is 13.4. The molecule has 0 aromatic carbocycles. The average Bonchev–Trinajstić information content (AvgIpc) is 3.22. The molecule has 2 fully saturated rings. The number of alkyl halides is 3. The lowest BCUT2D eigenvalue weighted by Gasteiger charge is -2.36. The van der Waals surface area contributed by atoms with Gasteiger partial charge in [0.1, 0.15) is 11.6 Å². The Labute approximate surface area is 162 Å². The van der Waals surface area contributed by atoms with Crippen molar-refractivity contribution in [3.8, 4) is 0 Å². The lowest BCUT2D eigenvalue weighted by molar-refractivity contribution is -0.137. The molecule has 6 nitrogen and oxygen atoms in total. The molecule has 2 aliphatic heterocycles. The molecule has 4 rings (SSSR count). The quantitative estimate of drug-likeness (QED) is 0.800. The van der Waals surface area contributed by atoms with Gasteiger partial charge in [-0.1, -0.05) is 0 Å². The Bertz CT molecular complexity index is 827. The third-order valence-corrected chi connectivity index (χ3v) is 5.22. The van der Waals surface area contributed by atoms with Crippen molar-refractivity contribution in [2.24, 2.45) is 0 Å². The Morgan fingerprint density at radius 1 is 0.821 bits per heavy atom. The van der Waals surface area contributed by atoms with Gasteiger partial charge in [-0.2, -0.15) is 18.2 Å². The second kappa shape index (κ2) is 7.44. The number of pyridine rings is 1. The molecule has 0 radical (unpaired) electrons. The summed E-state index contributed by atoms with van der Waals surface area (Å²) in [5.74, 6) is 2.02. The molecular weight excluding hydrogens is 369 g/mol. The van der Waals surface area contributed by atoms with Crippen LogP contribution >= 0.6 is 0 Å². The number of hydrogen-bond acceptors (Lipinski definition) is 6. The number of aromatic nitrogens is 3. The minimum absolute atomic E-state index is 0.367. The van der Waals surface area contributed by atoms with E-state index in [1.165, 1.54) is 6.20 Å². The van der Waals surface area contributed by atoms with Crippen LogP contribution in [0.25, 0.3) is 0 Å². The van der Waals surface area contributed by atoms with Crippen molar-refractivity contribution >= 4 is 17.6 Å². The van der Waals surface area contributed by atoms with E-state index in [1.54, 1.807) is 0 Å². The van der Waals surface area contributed by atoms with Crippen LogP contribution in [0.4, 0.5) is 30.8 Å². The Kier molecular flexibility index (Phi) is 4.99. The fourth-order valence-corrected chi connectivity index (χ4v) is 3.69. The number of halogens is 3. The van der Waals surface area contributed by atoms with Crippen LogP contribution in [0.3, 0.4) is 0 Å². The van der Waals surface area contributed by atoms with E-state index >= 15 is 0 Å². The normalized spacial score (nSPS) is 18.1. The van der Waals surface area contributed by atoms with E-state index in [9.17, 15) is 13.2 Å². The van der Waals surface area contributed by atoms with E-state index in [0.717, 1.165) is 55.5 Å². The molecule has 0 amide bonds. The predicted molar refractivity (Wildman–Crippen MR) is 102 cm³/mol. The molecule has 0 aliphatic carbocycles.